The van der Waals surface area contributed by atoms with Crippen LogP contribution in [0.2, 0.25) is 5.28 Å². The minimum Gasteiger partial charge on any atom is -0.497 e. The number of benzene rings is 1. The van der Waals surface area contributed by atoms with Crippen molar-refractivity contribution in [1.82, 2.24) is 9.97 Å². The van der Waals surface area contributed by atoms with Crippen LogP contribution in [0, 0.1) is 0 Å². The molecule has 0 unspecified atom stereocenters. The highest BCUT2D eigenvalue weighted by molar-refractivity contribution is 9.10. The van der Waals surface area contributed by atoms with Gasteiger partial charge >= 0.3 is 0 Å². The van der Waals surface area contributed by atoms with Crippen molar-refractivity contribution in [3.8, 4) is 5.75 Å². The minimum absolute atomic E-state index is 0.232. The Morgan fingerprint density at radius 3 is 2.74 bits per heavy atom. The molecule has 19 heavy (non-hydrogen) atoms. The Hall–Kier alpha value is -1.33. The van der Waals surface area contributed by atoms with Crippen LogP contribution in [0.3, 0.4) is 0 Å². The van der Waals surface area contributed by atoms with Crippen molar-refractivity contribution in [3.05, 3.63) is 45.8 Å². The highest BCUT2D eigenvalue weighted by Gasteiger charge is 2.03. The number of nitrogens with one attached hydrogen (secondary N) is 1. The van der Waals surface area contributed by atoms with Crippen molar-refractivity contribution in [3.63, 3.8) is 0 Å². The van der Waals surface area contributed by atoms with Gasteiger partial charge in [0.25, 0.3) is 0 Å². The van der Waals surface area contributed by atoms with Crippen LogP contribution in [0.1, 0.15) is 5.56 Å². The van der Waals surface area contributed by atoms with Crippen LogP contribution in [0.5, 0.6) is 5.75 Å². The van der Waals surface area contributed by atoms with Gasteiger partial charge in [0.1, 0.15) is 11.6 Å². The number of anilines is 1. The lowest BCUT2D eigenvalue weighted by Crippen LogP contribution is -2.07. The molecule has 0 fully saturated rings. The van der Waals surface area contributed by atoms with Crippen molar-refractivity contribution in [2.45, 2.75) is 6.42 Å². The Morgan fingerprint density at radius 1 is 1.32 bits per heavy atom. The quantitative estimate of drug-likeness (QED) is 0.844. The van der Waals surface area contributed by atoms with Gasteiger partial charge in [0, 0.05) is 12.7 Å². The predicted octanol–water partition coefficient (Wildman–Crippen LogP) is 3.56. The molecule has 1 N–H and O–H groups in total. The molecule has 1 aromatic carbocycles. The summed E-state index contributed by atoms with van der Waals surface area (Å²) >= 11 is 9.12. The van der Waals surface area contributed by atoms with Gasteiger partial charge in [-0.3, -0.25) is 0 Å². The molecule has 2 rings (SSSR count). The van der Waals surface area contributed by atoms with Crippen LogP contribution < -0.4 is 10.1 Å². The summed E-state index contributed by atoms with van der Waals surface area (Å²) in [6.07, 6.45) is 2.52. The molecule has 0 aliphatic carbocycles. The number of halogens is 2. The maximum Gasteiger partial charge on any atom is 0.224 e. The minimum atomic E-state index is 0.232. The number of hydrogen-bond donors (Lipinski definition) is 1. The van der Waals surface area contributed by atoms with Crippen molar-refractivity contribution in [2.75, 3.05) is 19.0 Å². The van der Waals surface area contributed by atoms with Crippen LogP contribution in [0.4, 0.5) is 5.82 Å². The molecule has 0 atom stereocenters. The summed E-state index contributed by atoms with van der Waals surface area (Å²) in [6, 6.07) is 7.99. The van der Waals surface area contributed by atoms with E-state index in [1.807, 2.05) is 24.3 Å². The second-order valence-corrected chi connectivity index (χ2v) is 5.05. The predicted molar refractivity (Wildman–Crippen MR) is 79.9 cm³/mol. The standard InChI is InChI=1S/C13H13BrClN3O/c1-19-10-4-2-9(3-5-10)6-7-16-12-11(14)8-17-13(15)18-12/h2-5,8H,6-7H2,1H3,(H,16,17,18). The molecule has 0 bridgehead atoms. The normalized spacial score (nSPS) is 10.3. The Bertz CT molecular complexity index is 548. The van der Waals surface area contributed by atoms with E-state index >= 15 is 0 Å². The van der Waals surface area contributed by atoms with E-state index in [9.17, 15) is 0 Å². The first-order valence-corrected chi connectivity index (χ1v) is 6.91. The van der Waals surface area contributed by atoms with Gasteiger partial charge in [0.05, 0.1) is 11.6 Å². The second-order valence-electron chi connectivity index (χ2n) is 3.86. The molecule has 6 heteroatoms. The maximum absolute atomic E-state index is 5.75. The molecule has 2 aromatic rings. The summed E-state index contributed by atoms with van der Waals surface area (Å²) in [7, 11) is 1.66. The van der Waals surface area contributed by atoms with Gasteiger partial charge in [-0.15, -0.1) is 0 Å². The van der Waals surface area contributed by atoms with E-state index in [0.717, 1.165) is 23.2 Å². The highest BCUT2D eigenvalue weighted by Crippen LogP contribution is 2.20. The molecule has 1 heterocycles. The van der Waals surface area contributed by atoms with Gasteiger partial charge in [-0.1, -0.05) is 12.1 Å². The number of aromatic nitrogens is 2. The third kappa shape index (κ3) is 4.08. The smallest absolute Gasteiger partial charge is 0.224 e. The third-order valence-electron chi connectivity index (χ3n) is 2.58. The Morgan fingerprint density at radius 2 is 2.05 bits per heavy atom. The molecule has 0 aliphatic heterocycles. The molecule has 0 amide bonds. The zero-order chi connectivity index (χ0) is 13.7. The van der Waals surface area contributed by atoms with Crippen molar-refractivity contribution >= 4 is 33.3 Å². The number of ether oxygens (including phenoxy) is 1. The Kier molecular flexibility index (Phi) is 4.99. The van der Waals surface area contributed by atoms with Crippen LogP contribution >= 0.6 is 27.5 Å². The number of hydrogen-bond acceptors (Lipinski definition) is 4. The van der Waals surface area contributed by atoms with Gasteiger partial charge < -0.3 is 10.1 Å². The second kappa shape index (κ2) is 6.73. The molecule has 0 radical (unpaired) electrons. The average Bonchev–Trinajstić information content (AvgIpc) is 2.43. The first-order valence-electron chi connectivity index (χ1n) is 5.74. The van der Waals surface area contributed by atoms with E-state index in [0.29, 0.717) is 5.82 Å². The van der Waals surface area contributed by atoms with Crippen molar-refractivity contribution in [1.29, 1.82) is 0 Å². The van der Waals surface area contributed by atoms with Gasteiger partial charge in [0.2, 0.25) is 5.28 Å². The van der Waals surface area contributed by atoms with Crippen LogP contribution in [0.15, 0.2) is 34.9 Å². The summed E-state index contributed by atoms with van der Waals surface area (Å²) in [5.74, 6) is 1.57. The highest BCUT2D eigenvalue weighted by atomic mass is 79.9. The topological polar surface area (TPSA) is 47.0 Å². The fraction of sp³-hybridized carbons (Fsp3) is 0.231. The third-order valence-corrected chi connectivity index (χ3v) is 3.34. The summed E-state index contributed by atoms with van der Waals surface area (Å²) < 4.78 is 5.92. The van der Waals surface area contributed by atoms with Crippen molar-refractivity contribution in [2.24, 2.45) is 0 Å². The molecule has 100 valence electrons. The van der Waals surface area contributed by atoms with E-state index in [1.54, 1.807) is 13.3 Å². The van der Waals surface area contributed by atoms with Gasteiger partial charge in [-0.05, 0) is 51.6 Å². The molecule has 1 aromatic heterocycles. The van der Waals surface area contributed by atoms with Crippen LogP contribution in [-0.4, -0.2) is 23.6 Å². The Labute approximate surface area is 125 Å². The largest absolute Gasteiger partial charge is 0.497 e. The van der Waals surface area contributed by atoms with Gasteiger partial charge in [-0.25, -0.2) is 4.98 Å². The summed E-state index contributed by atoms with van der Waals surface area (Å²) in [5, 5.41) is 3.45. The van der Waals surface area contributed by atoms with Gasteiger partial charge in [0.15, 0.2) is 0 Å². The molecule has 0 aliphatic rings. The molecule has 0 saturated carbocycles. The summed E-state index contributed by atoms with van der Waals surface area (Å²) in [4.78, 5) is 7.99. The summed E-state index contributed by atoms with van der Waals surface area (Å²) in [6.45, 7) is 0.762. The lowest BCUT2D eigenvalue weighted by molar-refractivity contribution is 0.414. The molecular weight excluding hydrogens is 330 g/mol. The van der Waals surface area contributed by atoms with E-state index in [1.165, 1.54) is 5.56 Å². The van der Waals surface area contributed by atoms with E-state index in [2.05, 4.69) is 31.2 Å². The SMILES string of the molecule is COc1ccc(CCNc2nc(Cl)ncc2Br)cc1. The lowest BCUT2D eigenvalue weighted by Gasteiger charge is -2.08. The molecular formula is C13H13BrClN3O. The first-order chi connectivity index (χ1) is 9.19. The van der Waals surface area contributed by atoms with E-state index < -0.39 is 0 Å². The fourth-order valence-electron chi connectivity index (χ4n) is 1.59. The summed E-state index contributed by atoms with van der Waals surface area (Å²) in [5.41, 5.74) is 1.23. The number of nitrogens with zero attached hydrogens (tertiary/aromatic N) is 2. The number of rotatable bonds is 5. The van der Waals surface area contributed by atoms with E-state index in [-0.39, 0.29) is 5.28 Å². The van der Waals surface area contributed by atoms with Crippen LogP contribution in [-0.2, 0) is 6.42 Å². The number of methoxy groups -OCH3 is 1. The first kappa shape index (κ1) is 14.1. The average molecular weight is 343 g/mol. The Balaban J connectivity index is 1.90. The molecule has 4 nitrogen and oxygen atoms in total. The van der Waals surface area contributed by atoms with Crippen molar-refractivity contribution < 1.29 is 4.74 Å². The lowest BCUT2D eigenvalue weighted by atomic mass is 10.1. The zero-order valence-corrected chi connectivity index (χ0v) is 12.7. The maximum atomic E-state index is 5.75. The van der Waals surface area contributed by atoms with Crippen LogP contribution in [0.25, 0.3) is 0 Å². The van der Waals surface area contributed by atoms with E-state index in [4.69, 9.17) is 16.3 Å². The fourth-order valence-corrected chi connectivity index (χ4v) is 2.05. The molecule has 0 spiro atoms. The van der Waals surface area contributed by atoms with Gasteiger partial charge in [-0.2, -0.15) is 4.98 Å². The molecule has 0 saturated heterocycles. The zero-order valence-electron chi connectivity index (χ0n) is 10.4. The monoisotopic (exact) mass is 341 g/mol.